The van der Waals surface area contributed by atoms with Crippen LogP contribution in [0.5, 0.6) is 0 Å². The first-order chi connectivity index (χ1) is 20.6. The lowest BCUT2D eigenvalue weighted by atomic mass is 10.1. The van der Waals surface area contributed by atoms with Gasteiger partial charge in [0.1, 0.15) is 6.61 Å². The van der Waals surface area contributed by atoms with Crippen molar-refractivity contribution in [1.29, 1.82) is 0 Å². The molecule has 1 unspecified atom stereocenters. The second kappa shape index (κ2) is 33.4. The van der Waals surface area contributed by atoms with Gasteiger partial charge in [0.05, 0.1) is 6.61 Å². The van der Waals surface area contributed by atoms with Crippen LogP contribution in [0.15, 0.2) is 48.6 Å². The predicted molar refractivity (Wildman–Crippen MR) is 177 cm³/mol. The summed E-state index contributed by atoms with van der Waals surface area (Å²) in [6, 6.07) is 0. The van der Waals surface area contributed by atoms with Crippen molar-refractivity contribution in [3.8, 4) is 0 Å². The quantitative estimate of drug-likeness (QED) is 0.0513. The number of hydrogen-bond acceptors (Lipinski definition) is 5. The Hall–Kier alpha value is -2.14. The Bertz CT molecular complexity index is 722. The zero-order valence-corrected chi connectivity index (χ0v) is 27.2. The number of ether oxygens (including phenoxy) is 2. The normalized spacial score (nSPS) is 12.7. The van der Waals surface area contributed by atoms with Gasteiger partial charge < -0.3 is 14.6 Å². The molecule has 0 rings (SSSR count). The summed E-state index contributed by atoms with van der Waals surface area (Å²) in [7, 11) is 0. The van der Waals surface area contributed by atoms with Crippen molar-refractivity contribution in [2.45, 2.75) is 161 Å². The van der Waals surface area contributed by atoms with E-state index >= 15 is 0 Å². The number of rotatable bonds is 30. The molecule has 0 aromatic heterocycles. The van der Waals surface area contributed by atoms with E-state index in [1.165, 1.54) is 51.4 Å². The molecular weight excluding hydrogens is 524 g/mol. The molecule has 0 aliphatic heterocycles. The maximum Gasteiger partial charge on any atom is 0.306 e. The van der Waals surface area contributed by atoms with Crippen LogP contribution >= 0.6 is 0 Å². The molecule has 5 heteroatoms. The van der Waals surface area contributed by atoms with Gasteiger partial charge in [-0.2, -0.15) is 0 Å². The van der Waals surface area contributed by atoms with Crippen LogP contribution in [-0.4, -0.2) is 36.4 Å². The maximum absolute atomic E-state index is 12.1. The molecule has 0 saturated heterocycles. The minimum absolute atomic E-state index is 0.0754. The van der Waals surface area contributed by atoms with E-state index in [9.17, 15) is 14.7 Å². The van der Waals surface area contributed by atoms with Crippen molar-refractivity contribution in [2.75, 3.05) is 13.2 Å². The Morgan fingerprint density at radius 3 is 1.55 bits per heavy atom. The van der Waals surface area contributed by atoms with Gasteiger partial charge >= 0.3 is 11.9 Å². The van der Waals surface area contributed by atoms with E-state index < -0.39 is 6.10 Å². The highest BCUT2D eigenvalue weighted by Gasteiger charge is 2.16. The summed E-state index contributed by atoms with van der Waals surface area (Å²) in [6.07, 6.45) is 40.2. The third-order valence-electron chi connectivity index (χ3n) is 7.14. The zero-order chi connectivity index (χ0) is 30.8. The van der Waals surface area contributed by atoms with Crippen molar-refractivity contribution in [3.05, 3.63) is 48.6 Å². The number of hydrogen-bond donors (Lipinski definition) is 1. The Morgan fingerprint density at radius 1 is 0.571 bits per heavy atom. The Balaban J connectivity index is 3.65. The molecular formula is C37H64O5. The minimum Gasteiger partial charge on any atom is -0.462 e. The molecule has 0 heterocycles. The van der Waals surface area contributed by atoms with Gasteiger partial charge in [-0.05, 0) is 51.4 Å². The Labute approximate surface area is 258 Å². The molecule has 0 amide bonds. The fourth-order valence-corrected chi connectivity index (χ4v) is 4.54. The van der Waals surface area contributed by atoms with Crippen molar-refractivity contribution in [3.63, 3.8) is 0 Å². The monoisotopic (exact) mass is 588 g/mol. The minimum atomic E-state index is -0.781. The van der Waals surface area contributed by atoms with E-state index in [-0.39, 0.29) is 25.2 Å². The Kier molecular flexibility index (Phi) is 31.7. The molecule has 1 atom stereocenters. The van der Waals surface area contributed by atoms with E-state index in [2.05, 4.69) is 62.5 Å². The highest BCUT2D eigenvalue weighted by Crippen LogP contribution is 2.13. The van der Waals surface area contributed by atoms with Crippen LogP contribution in [0.4, 0.5) is 0 Å². The molecule has 0 radical (unpaired) electrons. The van der Waals surface area contributed by atoms with Gasteiger partial charge in [-0.15, -0.1) is 0 Å². The van der Waals surface area contributed by atoms with Gasteiger partial charge in [0, 0.05) is 12.8 Å². The van der Waals surface area contributed by atoms with Crippen molar-refractivity contribution >= 4 is 11.9 Å². The number of allylic oxidation sites excluding steroid dienone is 8. The topological polar surface area (TPSA) is 72.8 Å². The summed E-state index contributed by atoms with van der Waals surface area (Å²) in [5.74, 6) is -0.622. The Morgan fingerprint density at radius 2 is 1.02 bits per heavy atom. The summed E-state index contributed by atoms with van der Waals surface area (Å²) < 4.78 is 10.5. The average molecular weight is 589 g/mol. The first-order valence-electron chi connectivity index (χ1n) is 17.2. The average Bonchev–Trinajstić information content (AvgIpc) is 2.99. The summed E-state index contributed by atoms with van der Waals surface area (Å²) in [5, 5.41) is 9.50. The van der Waals surface area contributed by atoms with Crippen LogP contribution in [0.3, 0.4) is 0 Å². The summed E-state index contributed by atoms with van der Waals surface area (Å²) in [5.41, 5.74) is 0. The molecule has 0 saturated carbocycles. The first kappa shape index (κ1) is 39.9. The first-order valence-corrected chi connectivity index (χ1v) is 17.2. The SMILES string of the molecule is CC/C=C\C/C=C\C/C=C\C/C=C\CCCCCCC(=O)OC(CO)COC(=O)CCCCCCCCCCCCC. The standard InChI is InChI=1S/C37H64O5/c1-3-5-7-9-11-13-15-16-17-18-19-20-22-24-26-28-30-32-37(40)42-35(33-38)34-41-36(39)31-29-27-25-23-21-14-12-10-8-6-4-2/h5,7,11,13,16-17,19-20,35,38H,3-4,6,8-10,12,14-15,18,21-34H2,1-2H3/b7-5-,13-11-,17-16-,20-19-. The second-order valence-electron chi connectivity index (χ2n) is 11.2. The van der Waals surface area contributed by atoms with Crippen LogP contribution in [0, 0.1) is 0 Å². The van der Waals surface area contributed by atoms with Crippen LogP contribution in [0.2, 0.25) is 0 Å². The largest absolute Gasteiger partial charge is 0.462 e. The lowest BCUT2D eigenvalue weighted by Crippen LogP contribution is -2.28. The maximum atomic E-state index is 12.1. The van der Waals surface area contributed by atoms with Gasteiger partial charge in [-0.1, -0.05) is 140 Å². The van der Waals surface area contributed by atoms with E-state index in [4.69, 9.17) is 9.47 Å². The molecule has 0 aliphatic carbocycles. The van der Waals surface area contributed by atoms with Gasteiger partial charge in [-0.25, -0.2) is 0 Å². The summed E-state index contributed by atoms with van der Waals surface area (Å²) >= 11 is 0. The number of aliphatic hydroxyl groups excluding tert-OH is 1. The van der Waals surface area contributed by atoms with Crippen LogP contribution in [0.1, 0.15) is 155 Å². The molecule has 0 bridgehead atoms. The molecule has 0 aromatic carbocycles. The summed E-state index contributed by atoms with van der Waals surface area (Å²) in [4.78, 5) is 24.1. The second-order valence-corrected chi connectivity index (χ2v) is 11.2. The zero-order valence-electron chi connectivity index (χ0n) is 27.2. The summed E-state index contributed by atoms with van der Waals surface area (Å²) in [6.45, 7) is 3.98. The van der Waals surface area contributed by atoms with Crippen LogP contribution in [-0.2, 0) is 19.1 Å². The third-order valence-corrected chi connectivity index (χ3v) is 7.14. The van der Waals surface area contributed by atoms with Gasteiger partial charge in [0.25, 0.3) is 0 Å². The molecule has 42 heavy (non-hydrogen) atoms. The van der Waals surface area contributed by atoms with E-state index in [1.54, 1.807) is 0 Å². The lowest BCUT2D eigenvalue weighted by molar-refractivity contribution is -0.161. The predicted octanol–water partition coefficient (Wildman–Crippen LogP) is 10.3. The fraction of sp³-hybridized carbons (Fsp3) is 0.730. The molecule has 1 N–H and O–H groups in total. The van der Waals surface area contributed by atoms with E-state index in [0.29, 0.717) is 12.8 Å². The number of aliphatic hydroxyl groups is 1. The number of unbranched alkanes of at least 4 members (excludes halogenated alkanes) is 14. The van der Waals surface area contributed by atoms with Crippen molar-refractivity contribution in [2.24, 2.45) is 0 Å². The van der Waals surface area contributed by atoms with Gasteiger partial charge in [0.2, 0.25) is 0 Å². The van der Waals surface area contributed by atoms with E-state index in [0.717, 1.165) is 77.0 Å². The number of carbonyl (C=O) groups excluding carboxylic acids is 2. The number of carbonyl (C=O) groups is 2. The molecule has 0 spiro atoms. The van der Waals surface area contributed by atoms with Gasteiger partial charge in [-0.3, -0.25) is 9.59 Å². The van der Waals surface area contributed by atoms with Gasteiger partial charge in [0.15, 0.2) is 6.10 Å². The molecule has 0 aliphatic rings. The third kappa shape index (κ3) is 30.8. The lowest BCUT2D eigenvalue weighted by Gasteiger charge is -2.15. The fourth-order valence-electron chi connectivity index (χ4n) is 4.54. The van der Waals surface area contributed by atoms with Crippen molar-refractivity contribution in [1.82, 2.24) is 0 Å². The highest BCUT2D eigenvalue weighted by atomic mass is 16.6. The molecule has 5 nitrogen and oxygen atoms in total. The molecule has 0 aromatic rings. The van der Waals surface area contributed by atoms with Crippen LogP contribution < -0.4 is 0 Å². The van der Waals surface area contributed by atoms with Crippen LogP contribution in [0.25, 0.3) is 0 Å². The smallest absolute Gasteiger partial charge is 0.306 e. The highest BCUT2D eigenvalue weighted by molar-refractivity contribution is 5.70. The number of esters is 2. The van der Waals surface area contributed by atoms with E-state index in [1.807, 2.05) is 0 Å². The molecule has 0 fully saturated rings. The molecule has 242 valence electrons. The van der Waals surface area contributed by atoms with Crippen molar-refractivity contribution < 1.29 is 24.2 Å².